The van der Waals surface area contributed by atoms with Crippen LogP contribution in [0, 0.1) is 12.8 Å². The number of benzene rings is 2. The number of carbonyl (C=O) groups excluding carboxylic acids is 3. The lowest BCUT2D eigenvalue weighted by atomic mass is 9.93. The molecule has 4 aromatic rings. The summed E-state index contributed by atoms with van der Waals surface area (Å²) < 4.78 is 2.11. The van der Waals surface area contributed by atoms with Gasteiger partial charge in [0.25, 0.3) is 5.91 Å². The van der Waals surface area contributed by atoms with Crippen molar-refractivity contribution in [3.8, 4) is 22.5 Å². The highest BCUT2D eigenvalue weighted by Crippen LogP contribution is 2.29. The van der Waals surface area contributed by atoms with Gasteiger partial charge in [0.15, 0.2) is 0 Å². The summed E-state index contributed by atoms with van der Waals surface area (Å²) in [6.45, 7) is 9.64. The number of rotatable bonds is 5. The molecule has 0 aliphatic carbocycles. The number of amides is 3. The molecule has 9 heteroatoms. The van der Waals surface area contributed by atoms with Gasteiger partial charge in [-0.15, -0.1) is 0 Å². The van der Waals surface area contributed by atoms with E-state index in [1.165, 1.54) is 5.56 Å². The molecule has 0 atom stereocenters. The van der Waals surface area contributed by atoms with E-state index in [0.717, 1.165) is 85.3 Å². The quantitative estimate of drug-likeness (QED) is 0.297. The number of hydrogen-bond acceptors (Lipinski definition) is 5. The summed E-state index contributed by atoms with van der Waals surface area (Å²) in [6.07, 6.45) is 5.52. The number of piperidine rings is 2. The molecular formula is C39H46N6O3. The second-order valence-electron chi connectivity index (χ2n) is 13.9. The Labute approximate surface area is 283 Å². The number of piperazine rings is 1. The molecule has 0 unspecified atom stereocenters. The van der Waals surface area contributed by atoms with Gasteiger partial charge in [0.2, 0.25) is 11.8 Å². The fraction of sp³-hybridized carbons (Fsp3) is 0.436. The number of aromatic nitrogens is 2. The predicted molar refractivity (Wildman–Crippen MR) is 188 cm³/mol. The van der Waals surface area contributed by atoms with E-state index in [1.54, 1.807) is 6.92 Å². The van der Waals surface area contributed by atoms with Crippen LogP contribution in [-0.4, -0.2) is 105 Å². The summed E-state index contributed by atoms with van der Waals surface area (Å²) >= 11 is 0. The van der Waals surface area contributed by atoms with Crippen LogP contribution in [0.3, 0.4) is 0 Å². The second kappa shape index (κ2) is 13.5. The monoisotopic (exact) mass is 646 g/mol. The third-order valence-corrected chi connectivity index (χ3v) is 10.8. The number of carbonyl (C=O) groups is 3. The van der Waals surface area contributed by atoms with Crippen LogP contribution in [-0.2, 0) is 16.6 Å². The molecule has 3 saturated heterocycles. The van der Waals surface area contributed by atoms with Gasteiger partial charge in [-0.25, -0.2) is 4.98 Å². The van der Waals surface area contributed by atoms with E-state index in [4.69, 9.17) is 4.98 Å². The summed E-state index contributed by atoms with van der Waals surface area (Å²) in [5, 5.41) is 1.15. The minimum atomic E-state index is 0.0353. The molecule has 7 rings (SSSR count). The zero-order valence-corrected chi connectivity index (χ0v) is 28.4. The second-order valence-corrected chi connectivity index (χ2v) is 13.9. The Morgan fingerprint density at radius 2 is 1.31 bits per heavy atom. The molecule has 0 bridgehead atoms. The molecule has 2 aromatic carbocycles. The molecule has 3 amide bonds. The highest BCUT2D eigenvalue weighted by molar-refractivity contribution is 5.97. The van der Waals surface area contributed by atoms with Crippen LogP contribution < -0.4 is 0 Å². The lowest BCUT2D eigenvalue weighted by Crippen LogP contribution is -2.55. The largest absolute Gasteiger partial charge is 0.351 e. The molecular weight excluding hydrogens is 600 g/mol. The number of hydrogen-bond donors (Lipinski definition) is 0. The SMILES string of the molecule is CC(=O)N1CCC(C(=O)N2CCC(N3CCN(C(=O)c4cc(-c5ccc(C)cc5)nc(-c5ccc6c(ccn6C)c5)c4)CC3)CC2)CC1. The van der Waals surface area contributed by atoms with Gasteiger partial charge in [-0.2, -0.15) is 0 Å². The number of likely N-dealkylation sites (tertiary alicyclic amines) is 2. The van der Waals surface area contributed by atoms with Crippen molar-refractivity contribution in [1.29, 1.82) is 0 Å². The van der Waals surface area contributed by atoms with Crippen molar-refractivity contribution in [2.24, 2.45) is 13.0 Å². The van der Waals surface area contributed by atoms with E-state index in [-0.39, 0.29) is 23.6 Å². The Hall–Kier alpha value is -4.50. The Bertz CT molecular complexity index is 1810. The normalized spacial score (nSPS) is 18.4. The van der Waals surface area contributed by atoms with E-state index in [9.17, 15) is 14.4 Å². The molecule has 0 spiro atoms. The molecule has 0 radical (unpaired) electrons. The molecule has 48 heavy (non-hydrogen) atoms. The van der Waals surface area contributed by atoms with E-state index in [2.05, 4.69) is 71.1 Å². The first-order valence-corrected chi connectivity index (χ1v) is 17.5. The Balaban J connectivity index is 1.00. The average Bonchev–Trinajstić information content (AvgIpc) is 3.50. The van der Waals surface area contributed by atoms with Crippen molar-refractivity contribution in [2.75, 3.05) is 52.4 Å². The van der Waals surface area contributed by atoms with Crippen LogP contribution in [0.4, 0.5) is 0 Å². The molecule has 5 heterocycles. The van der Waals surface area contributed by atoms with Gasteiger partial charge in [-0.1, -0.05) is 35.9 Å². The fourth-order valence-electron chi connectivity index (χ4n) is 7.74. The minimum Gasteiger partial charge on any atom is -0.351 e. The summed E-state index contributed by atoms with van der Waals surface area (Å²) in [4.78, 5) is 52.4. The summed E-state index contributed by atoms with van der Waals surface area (Å²) in [5.41, 5.74) is 6.59. The van der Waals surface area contributed by atoms with E-state index in [1.807, 2.05) is 33.9 Å². The van der Waals surface area contributed by atoms with Gasteiger partial charge >= 0.3 is 0 Å². The van der Waals surface area contributed by atoms with Crippen LogP contribution in [0.2, 0.25) is 0 Å². The summed E-state index contributed by atoms with van der Waals surface area (Å²) in [6, 6.07) is 21.1. The maximum atomic E-state index is 14.1. The van der Waals surface area contributed by atoms with Crippen molar-refractivity contribution in [1.82, 2.24) is 29.2 Å². The Morgan fingerprint density at radius 1 is 0.688 bits per heavy atom. The van der Waals surface area contributed by atoms with E-state index < -0.39 is 0 Å². The van der Waals surface area contributed by atoms with Gasteiger partial charge < -0.3 is 19.3 Å². The van der Waals surface area contributed by atoms with Crippen molar-refractivity contribution in [3.63, 3.8) is 0 Å². The van der Waals surface area contributed by atoms with Gasteiger partial charge in [0, 0.05) is 112 Å². The van der Waals surface area contributed by atoms with Gasteiger partial charge in [-0.05, 0) is 62.9 Å². The molecule has 0 N–H and O–H groups in total. The van der Waals surface area contributed by atoms with Gasteiger partial charge in [0.1, 0.15) is 0 Å². The van der Waals surface area contributed by atoms with E-state index >= 15 is 0 Å². The first-order valence-electron chi connectivity index (χ1n) is 17.5. The molecule has 3 fully saturated rings. The van der Waals surface area contributed by atoms with Crippen LogP contribution in [0.25, 0.3) is 33.4 Å². The maximum absolute atomic E-state index is 14.1. The molecule has 3 aliphatic heterocycles. The predicted octanol–water partition coefficient (Wildman–Crippen LogP) is 5.22. The topological polar surface area (TPSA) is 82.0 Å². The first-order chi connectivity index (χ1) is 23.2. The van der Waals surface area contributed by atoms with Gasteiger partial charge in [-0.3, -0.25) is 19.3 Å². The molecule has 250 valence electrons. The van der Waals surface area contributed by atoms with Crippen molar-refractivity contribution < 1.29 is 14.4 Å². The third-order valence-electron chi connectivity index (χ3n) is 10.8. The highest BCUT2D eigenvalue weighted by Gasteiger charge is 2.34. The Morgan fingerprint density at radius 3 is 1.98 bits per heavy atom. The van der Waals surface area contributed by atoms with Crippen molar-refractivity contribution in [3.05, 3.63) is 78.0 Å². The number of nitrogens with zero attached hydrogens (tertiary/aromatic N) is 6. The summed E-state index contributed by atoms with van der Waals surface area (Å²) in [7, 11) is 2.04. The zero-order chi connectivity index (χ0) is 33.4. The fourth-order valence-corrected chi connectivity index (χ4v) is 7.74. The molecule has 3 aliphatic rings. The standard InChI is InChI=1S/C39H46N6O3/c1-27-4-6-29(7-5-27)35-25-33(26-36(40-35)31-8-9-37-32(24-31)10-15-41(37)3)39(48)45-22-20-43(21-23-45)34-13-18-44(19-14-34)38(47)30-11-16-42(17-12-30)28(2)46/h4-10,15,24-26,30,34H,11-14,16-23H2,1-3H3. The average molecular weight is 647 g/mol. The third kappa shape index (κ3) is 6.61. The van der Waals surface area contributed by atoms with Crippen molar-refractivity contribution in [2.45, 2.75) is 45.6 Å². The summed E-state index contributed by atoms with van der Waals surface area (Å²) in [5.74, 6) is 0.441. The van der Waals surface area contributed by atoms with Crippen LogP contribution >= 0.6 is 0 Å². The maximum Gasteiger partial charge on any atom is 0.254 e. The number of pyridine rings is 1. The smallest absolute Gasteiger partial charge is 0.254 e. The number of fused-ring (bicyclic) bond motifs is 1. The Kier molecular flexibility index (Phi) is 9.05. The highest BCUT2D eigenvalue weighted by atomic mass is 16.2. The minimum absolute atomic E-state index is 0.0353. The molecule has 2 aromatic heterocycles. The zero-order valence-electron chi connectivity index (χ0n) is 28.4. The van der Waals surface area contributed by atoms with E-state index in [0.29, 0.717) is 37.8 Å². The number of aryl methyl sites for hydroxylation is 2. The van der Waals surface area contributed by atoms with Crippen LogP contribution in [0.1, 0.15) is 48.5 Å². The van der Waals surface area contributed by atoms with Crippen LogP contribution in [0.15, 0.2) is 66.9 Å². The first kappa shape index (κ1) is 32.1. The lowest BCUT2D eigenvalue weighted by Gasteiger charge is -2.43. The lowest BCUT2D eigenvalue weighted by molar-refractivity contribution is -0.141. The van der Waals surface area contributed by atoms with Crippen LogP contribution in [0.5, 0.6) is 0 Å². The molecule has 0 saturated carbocycles. The van der Waals surface area contributed by atoms with Gasteiger partial charge in [0.05, 0.1) is 11.4 Å². The molecule has 9 nitrogen and oxygen atoms in total. The van der Waals surface area contributed by atoms with Crippen molar-refractivity contribution >= 4 is 28.6 Å².